The van der Waals surface area contributed by atoms with Crippen LogP contribution in [0.1, 0.15) is 10.4 Å². The Morgan fingerprint density at radius 3 is 2.59 bits per heavy atom. The Kier molecular flexibility index (Phi) is 3.01. The Balaban J connectivity index is 2.12. The van der Waals surface area contributed by atoms with E-state index in [9.17, 15) is 4.79 Å². The van der Waals surface area contributed by atoms with Crippen LogP contribution >= 0.6 is 0 Å². The molecule has 0 aliphatic carbocycles. The highest BCUT2D eigenvalue weighted by atomic mass is 16.1. The summed E-state index contributed by atoms with van der Waals surface area (Å²) in [7, 11) is 1.70. The molecule has 17 heavy (non-hydrogen) atoms. The second kappa shape index (κ2) is 4.62. The van der Waals surface area contributed by atoms with E-state index < -0.39 is 0 Å². The van der Waals surface area contributed by atoms with Crippen LogP contribution in [0.25, 0.3) is 0 Å². The van der Waals surface area contributed by atoms with E-state index >= 15 is 0 Å². The number of aryl methyl sites for hydroxylation is 1. The second-order valence-electron chi connectivity index (χ2n) is 3.38. The molecule has 0 fully saturated rings. The van der Waals surface area contributed by atoms with E-state index in [0.717, 1.165) is 5.69 Å². The number of nitrogen functional groups attached to an aromatic ring is 1. The maximum Gasteiger partial charge on any atom is 0.258 e. The van der Waals surface area contributed by atoms with Crippen LogP contribution < -0.4 is 16.6 Å². The zero-order valence-corrected chi connectivity index (χ0v) is 9.21. The molecule has 1 aromatic carbocycles. The lowest BCUT2D eigenvalue weighted by atomic mass is 10.2. The summed E-state index contributed by atoms with van der Waals surface area (Å²) in [4.78, 5) is 15.7. The summed E-state index contributed by atoms with van der Waals surface area (Å²) >= 11 is 0. The molecule has 1 heterocycles. The third-order valence-corrected chi connectivity index (χ3v) is 2.25. The second-order valence-corrected chi connectivity index (χ2v) is 3.38. The van der Waals surface area contributed by atoms with E-state index in [1.165, 1.54) is 11.0 Å². The van der Waals surface area contributed by atoms with Gasteiger partial charge in [0, 0.05) is 18.3 Å². The van der Waals surface area contributed by atoms with Crippen LogP contribution in [0.3, 0.4) is 0 Å². The van der Waals surface area contributed by atoms with Crippen molar-refractivity contribution in [3.8, 4) is 0 Å². The number of anilines is 2. The number of nitrogens with one attached hydrogen (secondary N) is 2. The highest BCUT2D eigenvalue weighted by Gasteiger charge is 2.08. The van der Waals surface area contributed by atoms with Crippen molar-refractivity contribution in [1.29, 1.82) is 0 Å². The van der Waals surface area contributed by atoms with Gasteiger partial charge in [0.15, 0.2) is 0 Å². The van der Waals surface area contributed by atoms with Gasteiger partial charge in [0.2, 0.25) is 5.95 Å². The molecule has 0 spiro atoms. The van der Waals surface area contributed by atoms with Crippen LogP contribution in [0, 0.1) is 0 Å². The summed E-state index contributed by atoms with van der Waals surface area (Å²) in [5.41, 5.74) is 3.75. The van der Waals surface area contributed by atoms with E-state index in [0.29, 0.717) is 11.5 Å². The zero-order valence-electron chi connectivity index (χ0n) is 9.21. The standard InChI is InChI=1S/C10H12N6O/c1-16-10(12-6-13-16)14-9(17)7-2-4-8(15-11)5-3-7/h2-6,15H,11H2,1H3,(H,12,13,14,17). The fourth-order valence-corrected chi connectivity index (χ4v) is 1.30. The third kappa shape index (κ3) is 2.40. The SMILES string of the molecule is Cn1ncnc1NC(=O)c1ccc(NN)cc1. The van der Waals surface area contributed by atoms with E-state index in [1.807, 2.05) is 0 Å². The van der Waals surface area contributed by atoms with Gasteiger partial charge in [-0.25, -0.2) is 4.68 Å². The molecule has 0 aliphatic heterocycles. The van der Waals surface area contributed by atoms with Gasteiger partial charge in [-0.05, 0) is 24.3 Å². The van der Waals surface area contributed by atoms with E-state index in [-0.39, 0.29) is 5.91 Å². The van der Waals surface area contributed by atoms with Crippen molar-refractivity contribution in [3.63, 3.8) is 0 Å². The molecule has 2 rings (SSSR count). The molecule has 7 heteroatoms. The van der Waals surface area contributed by atoms with Crippen molar-refractivity contribution >= 4 is 17.5 Å². The van der Waals surface area contributed by atoms with Gasteiger partial charge in [-0.15, -0.1) is 0 Å². The molecule has 0 atom stereocenters. The molecule has 0 radical (unpaired) electrons. The maximum atomic E-state index is 11.8. The Labute approximate surface area is 97.6 Å². The number of carbonyl (C=O) groups excluding carboxylic acids is 1. The average Bonchev–Trinajstić information content (AvgIpc) is 2.75. The summed E-state index contributed by atoms with van der Waals surface area (Å²) in [6, 6.07) is 6.76. The number of carbonyl (C=O) groups is 1. The van der Waals surface area contributed by atoms with Crippen LogP contribution in [0.4, 0.5) is 11.6 Å². The predicted octanol–water partition coefficient (Wildman–Crippen LogP) is 0.353. The largest absolute Gasteiger partial charge is 0.324 e. The monoisotopic (exact) mass is 232 g/mol. The van der Waals surface area contributed by atoms with Crippen LogP contribution in [0.15, 0.2) is 30.6 Å². The maximum absolute atomic E-state index is 11.8. The average molecular weight is 232 g/mol. The first kappa shape index (κ1) is 11.1. The van der Waals surface area contributed by atoms with Crippen LogP contribution in [-0.2, 0) is 7.05 Å². The van der Waals surface area contributed by atoms with E-state index in [1.54, 1.807) is 31.3 Å². The van der Waals surface area contributed by atoms with Gasteiger partial charge in [-0.3, -0.25) is 16.0 Å². The Morgan fingerprint density at radius 1 is 1.35 bits per heavy atom. The van der Waals surface area contributed by atoms with Crippen molar-refractivity contribution in [1.82, 2.24) is 14.8 Å². The van der Waals surface area contributed by atoms with Gasteiger partial charge >= 0.3 is 0 Å². The van der Waals surface area contributed by atoms with Gasteiger partial charge in [0.1, 0.15) is 6.33 Å². The fourth-order valence-electron chi connectivity index (χ4n) is 1.30. The molecule has 88 valence electrons. The molecule has 0 saturated heterocycles. The highest BCUT2D eigenvalue weighted by molar-refractivity contribution is 6.03. The Bertz CT molecular complexity index is 518. The number of hydrogen-bond donors (Lipinski definition) is 3. The minimum atomic E-state index is -0.246. The van der Waals surface area contributed by atoms with Crippen LogP contribution in [-0.4, -0.2) is 20.7 Å². The van der Waals surface area contributed by atoms with Gasteiger partial charge in [-0.1, -0.05) is 0 Å². The minimum absolute atomic E-state index is 0.246. The third-order valence-electron chi connectivity index (χ3n) is 2.25. The molecular formula is C10H12N6O. The summed E-state index contributed by atoms with van der Waals surface area (Å²) < 4.78 is 1.48. The molecule has 1 aromatic heterocycles. The lowest BCUT2D eigenvalue weighted by Gasteiger charge is -2.04. The quantitative estimate of drug-likeness (QED) is 0.524. The number of nitrogens with zero attached hydrogens (tertiary/aromatic N) is 3. The number of hydrogen-bond acceptors (Lipinski definition) is 5. The van der Waals surface area contributed by atoms with Gasteiger partial charge in [0.05, 0.1) is 0 Å². The Morgan fingerprint density at radius 2 is 2.06 bits per heavy atom. The number of hydrazine groups is 1. The topological polar surface area (TPSA) is 97.9 Å². The number of rotatable bonds is 3. The smallest absolute Gasteiger partial charge is 0.258 e. The van der Waals surface area contributed by atoms with Crippen molar-refractivity contribution in [3.05, 3.63) is 36.2 Å². The number of benzene rings is 1. The minimum Gasteiger partial charge on any atom is -0.324 e. The summed E-state index contributed by atoms with van der Waals surface area (Å²) in [6.45, 7) is 0. The van der Waals surface area contributed by atoms with Gasteiger partial charge < -0.3 is 5.43 Å². The first-order valence-electron chi connectivity index (χ1n) is 4.92. The molecule has 7 nitrogen and oxygen atoms in total. The first-order chi connectivity index (χ1) is 8.20. The summed E-state index contributed by atoms with van der Waals surface area (Å²) in [5.74, 6) is 5.39. The lowest BCUT2D eigenvalue weighted by molar-refractivity contribution is 0.102. The van der Waals surface area contributed by atoms with Gasteiger partial charge in [0.25, 0.3) is 5.91 Å². The van der Waals surface area contributed by atoms with Crippen molar-refractivity contribution in [2.45, 2.75) is 0 Å². The number of aromatic nitrogens is 3. The van der Waals surface area contributed by atoms with Gasteiger partial charge in [-0.2, -0.15) is 10.1 Å². The van der Waals surface area contributed by atoms with Crippen molar-refractivity contribution in [2.75, 3.05) is 10.7 Å². The molecule has 0 bridgehead atoms. The van der Waals surface area contributed by atoms with Crippen molar-refractivity contribution in [2.24, 2.45) is 12.9 Å². The number of amides is 1. The lowest BCUT2D eigenvalue weighted by Crippen LogP contribution is -2.15. The van der Waals surface area contributed by atoms with Crippen molar-refractivity contribution < 1.29 is 4.79 Å². The molecule has 1 amide bonds. The summed E-state index contributed by atoms with van der Waals surface area (Å²) in [5, 5.41) is 6.50. The summed E-state index contributed by atoms with van der Waals surface area (Å²) in [6.07, 6.45) is 1.37. The van der Waals surface area contributed by atoms with Crippen LogP contribution in [0.2, 0.25) is 0 Å². The first-order valence-corrected chi connectivity index (χ1v) is 4.92. The normalized spacial score (nSPS) is 10.0. The Hall–Kier alpha value is -2.41. The van der Waals surface area contributed by atoms with E-state index in [2.05, 4.69) is 20.8 Å². The highest BCUT2D eigenvalue weighted by Crippen LogP contribution is 2.09. The fraction of sp³-hybridized carbons (Fsp3) is 0.100. The molecule has 0 aliphatic rings. The molecule has 2 aromatic rings. The molecule has 0 unspecified atom stereocenters. The molecule has 4 N–H and O–H groups in total. The van der Waals surface area contributed by atoms with E-state index in [4.69, 9.17) is 5.84 Å². The number of nitrogens with two attached hydrogens (primary N) is 1. The molecular weight excluding hydrogens is 220 g/mol. The molecule has 0 saturated carbocycles. The zero-order chi connectivity index (χ0) is 12.3. The van der Waals surface area contributed by atoms with Crippen LogP contribution in [0.5, 0.6) is 0 Å². The predicted molar refractivity (Wildman–Crippen MR) is 63.2 cm³/mol.